The van der Waals surface area contributed by atoms with Crippen molar-refractivity contribution in [3.8, 4) is 11.4 Å². The number of nitrogens with one attached hydrogen (secondary N) is 1. The van der Waals surface area contributed by atoms with Crippen LogP contribution >= 0.6 is 11.6 Å². The molecule has 2 heterocycles. The minimum Gasteiger partial charge on any atom is -0.494 e. The number of aromatic nitrogens is 4. The van der Waals surface area contributed by atoms with Crippen molar-refractivity contribution in [2.45, 2.75) is 18.9 Å². The van der Waals surface area contributed by atoms with Gasteiger partial charge in [0.15, 0.2) is 0 Å². The van der Waals surface area contributed by atoms with Crippen LogP contribution in [0, 0.1) is 0 Å². The van der Waals surface area contributed by atoms with E-state index in [2.05, 4.69) is 20.8 Å². The first-order valence-electron chi connectivity index (χ1n) is 9.34. The topological polar surface area (TPSA) is 102 Å². The molecule has 3 aromatic rings. The SMILES string of the molecule is CC1(c2cccc(-n3cnnn3)c2)NC(=O)N(CCCOc2ccc(Cl)cc2)C1=O. The van der Waals surface area contributed by atoms with E-state index in [1.165, 1.54) is 15.9 Å². The fourth-order valence-electron chi connectivity index (χ4n) is 3.28. The summed E-state index contributed by atoms with van der Waals surface area (Å²) >= 11 is 5.85. The van der Waals surface area contributed by atoms with Crippen LogP contribution in [0.3, 0.4) is 0 Å². The van der Waals surface area contributed by atoms with E-state index in [1.54, 1.807) is 49.4 Å². The predicted molar refractivity (Wildman–Crippen MR) is 108 cm³/mol. The van der Waals surface area contributed by atoms with Crippen molar-refractivity contribution in [1.82, 2.24) is 30.4 Å². The van der Waals surface area contributed by atoms with E-state index in [0.29, 0.717) is 35.1 Å². The second kappa shape index (κ2) is 8.11. The van der Waals surface area contributed by atoms with Gasteiger partial charge < -0.3 is 10.1 Å². The lowest BCUT2D eigenvalue weighted by atomic mass is 9.91. The third kappa shape index (κ3) is 3.84. The number of urea groups is 1. The third-order valence-corrected chi connectivity index (χ3v) is 5.17. The van der Waals surface area contributed by atoms with Gasteiger partial charge in [0.25, 0.3) is 5.91 Å². The molecule has 0 radical (unpaired) electrons. The molecule has 10 heteroatoms. The summed E-state index contributed by atoms with van der Waals surface area (Å²) in [6.45, 7) is 2.31. The van der Waals surface area contributed by atoms with Crippen molar-refractivity contribution >= 4 is 23.5 Å². The molecule has 30 heavy (non-hydrogen) atoms. The summed E-state index contributed by atoms with van der Waals surface area (Å²) in [5.41, 5.74) is 0.169. The lowest BCUT2D eigenvalue weighted by molar-refractivity contribution is -0.131. The van der Waals surface area contributed by atoms with Crippen molar-refractivity contribution in [3.05, 3.63) is 65.4 Å². The summed E-state index contributed by atoms with van der Waals surface area (Å²) < 4.78 is 7.12. The number of halogens is 1. The Morgan fingerprint density at radius 1 is 1.17 bits per heavy atom. The highest BCUT2D eigenvalue weighted by Gasteiger charge is 2.48. The smallest absolute Gasteiger partial charge is 0.325 e. The average molecular weight is 427 g/mol. The van der Waals surface area contributed by atoms with Gasteiger partial charge in [0.1, 0.15) is 17.6 Å². The van der Waals surface area contributed by atoms with Crippen LogP contribution in [-0.4, -0.2) is 50.2 Å². The molecule has 1 N–H and O–H groups in total. The molecule has 1 unspecified atom stereocenters. The molecule has 0 spiro atoms. The summed E-state index contributed by atoms with van der Waals surface area (Å²) in [6, 6.07) is 13.8. The van der Waals surface area contributed by atoms with Gasteiger partial charge in [-0.25, -0.2) is 9.48 Å². The molecule has 4 rings (SSSR count). The normalized spacial score (nSPS) is 18.5. The zero-order chi connectivity index (χ0) is 21.1. The number of tetrazole rings is 1. The van der Waals surface area contributed by atoms with Gasteiger partial charge in [-0.1, -0.05) is 23.7 Å². The van der Waals surface area contributed by atoms with Gasteiger partial charge in [0.05, 0.1) is 12.3 Å². The molecule has 0 saturated carbocycles. The van der Waals surface area contributed by atoms with Crippen LogP contribution in [0.15, 0.2) is 54.9 Å². The molecule has 9 nitrogen and oxygen atoms in total. The van der Waals surface area contributed by atoms with Crippen molar-refractivity contribution in [1.29, 1.82) is 0 Å². The Labute approximate surface area is 177 Å². The van der Waals surface area contributed by atoms with Gasteiger partial charge in [-0.2, -0.15) is 0 Å². The zero-order valence-corrected chi connectivity index (χ0v) is 16.9. The van der Waals surface area contributed by atoms with E-state index in [4.69, 9.17) is 16.3 Å². The van der Waals surface area contributed by atoms with Gasteiger partial charge >= 0.3 is 6.03 Å². The molecule has 3 amide bonds. The molecule has 1 fully saturated rings. The number of hydrogen-bond donors (Lipinski definition) is 1. The number of imide groups is 1. The van der Waals surface area contributed by atoms with Crippen molar-refractivity contribution in [2.24, 2.45) is 0 Å². The summed E-state index contributed by atoms with van der Waals surface area (Å²) in [5.74, 6) is 0.369. The first-order valence-corrected chi connectivity index (χ1v) is 9.71. The maximum absolute atomic E-state index is 13.1. The molecule has 1 aliphatic heterocycles. The second-order valence-electron chi connectivity index (χ2n) is 6.97. The van der Waals surface area contributed by atoms with Crippen LogP contribution < -0.4 is 10.1 Å². The van der Waals surface area contributed by atoms with Gasteiger partial charge in [-0.15, -0.1) is 5.10 Å². The molecule has 1 aliphatic rings. The summed E-state index contributed by atoms with van der Waals surface area (Å²) in [4.78, 5) is 26.8. The van der Waals surface area contributed by atoms with Crippen molar-refractivity contribution < 1.29 is 14.3 Å². The Morgan fingerprint density at radius 2 is 1.97 bits per heavy atom. The monoisotopic (exact) mass is 426 g/mol. The van der Waals surface area contributed by atoms with Gasteiger partial charge in [-0.05, 0) is 65.7 Å². The average Bonchev–Trinajstić information content (AvgIpc) is 3.36. The molecule has 0 aliphatic carbocycles. The Balaban J connectivity index is 1.41. The van der Waals surface area contributed by atoms with Gasteiger partial charge in [0.2, 0.25) is 0 Å². The maximum Gasteiger partial charge on any atom is 0.325 e. The standard InChI is InChI=1S/C20H19ClN6O3/c1-20(14-4-2-5-16(12-14)27-13-22-24-25-27)18(28)26(19(29)23-20)10-3-11-30-17-8-6-15(21)7-9-17/h2,4-9,12-13H,3,10-11H2,1H3,(H,23,29). The second-order valence-corrected chi connectivity index (χ2v) is 7.41. The van der Waals surface area contributed by atoms with E-state index in [1.807, 2.05) is 6.07 Å². The van der Waals surface area contributed by atoms with Gasteiger partial charge in [0, 0.05) is 11.6 Å². The largest absolute Gasteiger partial charge is 0.494 e. The highest BCUT2D eigenvalue weighted by atomic mass is 35.5. The minimum atomic E-state index is -1.17. The molecule has 0 bridgehead atoms. The fraction of sp³-hybridized carbons (Fsp3) is 0.250. The number of nitrogens with zero attached hydrogens (tertiary/aromatic N) is 5. The molecule has 1 aromatic heterocycles. The van der Waals surface area contributed by atoms with Crippen molar-refractivity contribution in [3.63, 3.8) is 0 Å². The molecular formula is C20H19ClN6O3. The Kier molecular flexibility index (Phi) is 5.37. The van der Waals surface area contributed by atoms with E-state index in [0.717, 1.165) is 0 Å². The third-order valence-electron chi connectivity index (χ3n) is 4.92. The highest BCUT2D eigenvalue weighted by Crippen LogP contribution is 2.30. The first kappa shape index (κ1) is 19.8. The van der Waals surface area contributed by atoms with E-state index in [9.17, 15) is 9.59 Å². The quantitative estimate of drug-likeness (QED) is 0.460. The molecule has 154 valence electrons. The van der Waals surface area contributed by atoms with Crippen LogP contribution in [-0.2, 0) is 10.3 Å². The lowest BCUT2D eigenvalue weighted by Crippen LogP contribution is -2.41. The highest BCUT2D eigenvalue weighted by molar-refractivity contribution is 6.30. The Bertz CT molecular complexity index is 1060. The summed E-state index contributed by atoms with van der Waals surface area (Å²) in [5, 5.41) is 14.5. The van der Waals surface area contributed by atoms with Crippen LogP contribution in [0.25, 0.3) is 5.69 Å². The number of amides is 3. The Hall–Kier alpha value is -3.46. The Morgan fingerprint density at radius 3 is 2.70 bits per heavy atom. The van der Waals surface area contributed by atoms with Gasteiger partial charge in [-0.3, -0.25) is 9.69 Å². The predicted octanol–water partition coefficient (Wildman–Crippen LogP) is 2.55. The van der Waals surface area contributed by atoms with Crippen LogP contribution in [0.2, 0.25) is 5.02 Å². The van der Waals surface area contributed by atoms with Crippen molar-refractivity contribution in [2.75, 3.05) is 13.2 Å². The number of hydrogen-bond acceptors (Lipinski definition) is 6. The maximum atomic E-state index is 13.1. The van der Waals surface area contributed by atoms with Crippen LogP contribution in [0.1, 0.15) is 18.9 Å². The lowest BCUT2D eigenvalue weighted by Gasteiger charge is -2.22. The number of rotatable bonds is 7. The van der Waals surface area contributed by atoms with E-state index >= 15 is 0 Å². The van der Waals surface area contributed by atoms with Crippen LogP contribution in [0.4, 0.5) is 4.79 Å². The number of ether oxygens (including phenoxy) is 1. The molecule has 1 atom stereocenters. The molecule has 2 aromatic carbocycles. The molecular weight excluding hydrogens is 408 g/mol. The number of benzene rings is 2. The zero-order valence-electron chi connectivity index (χ0n) is 16.2. The molecule has 1 saturated heterocycles. The summed E-state index contributed by atoms with van der Waals surface area (Å²) in [6.07, 6.45) is 1.96. The number of carbonyl (C=O) groups is 2. The van der Waals surface area contributed by atoms with E-state index in [-0.39, 0.29) is 12.5 Å². The minimum absolute atomic E-state index is 0.251. The fourth-order valence-corrected chi connectivity index (χ4v) is 3.40. The summed E-state index contributed by atoms with van der Waals surface area (Å²) in [7, 11) is 0. The van der Waals surface area contributed by atoms with Crippen LogP contribution in [0.5, 0.6) is 5.75 Å². The first-order chi connectivity index (χ1) is 14.5. The number of carbonyl (C=O) groups excluding carboxylic acids is 2. The van der Waals surface area contributed by atoms with E-state index < -0.39 is 11.6 Å².